The molecule has 1 atom stereocenters. The quantitative estimate of drug-likeness (QED) is 0.795. The number of benzene rings is 2. The van der Waals surface area contributed by atoms with Gasteiger partial charge in [-0.3, -0.25) is 0 Å². The minimum absolute atomic E-state index is 0.683. The summed E-state index contributed by atoms with van der Waals surface area (Å²) in [5, 5.41) is 0. The van der Waals surface area contributed by atoms with E-state index in [1.54, 1.807) is 0 Å². The number of hydrogen-bond acceptors (Lipinski definition) is 1. The van der Waals surface area contributed by atoms with E-state index in [9.17, 15) is 0 Å². The Balaban J connectivity index is 1.76. The summed E-state index contributed by atoms with van der Waals surface area (Å²) >= 11 is 0. The molecule has 3 rings (SSSR count). The smallest absolute Gasteiger partial charge is 0.00472 e. The summed E-state index contributed by atoms with van der Waals surface area (Å²) in [6.07, 6.45) is 2.61. The van der Waals surface area contributed by atoms with Gasteiger partial charge in [-0.1, -0.05) is 61.2 Å². The molecule has 0 amide bonds. The first-order valence-electron chi connectivity index (χ1n) is 7.77. The van der Waals surface area contributed by atoms with E-state index < -0.39 is 0 Å². The molecule has 2 aromatic carbocycles. The normalized spacial score (nSPS) is 19.4. The lowest BCUT2D eigenvalue weighted by molar-refractivity contribution is 0.251. The Morgan fingerprint density at radius 1 is 1.00 bits per heavy atom. The van der Waals surface area contributed by atoms with Crippen LogP contribution in [0.15, 0.2) is 61.2 Å². The van der Waals surface area contributed by atoms with Crippen molar-refractivity contribution < 1.29 is 0 Å². The number of nitrogens with zero attached hydrogens (tertiary/aromatic N) is 1. The molecule has 21 heavy (non-hydrogen) atoms. The maximum atomic E-state index is 4.24. The Hall–Kier alpha value is -1.86. The highest BCUT2D eigenvalue weighted by molar-refractivity contribution is 5.78. The van der Waals surface area contributed by atoms with Crippen molar-refractivity contribution in [2.75, 3.05) is 20.1 Å². The summed E-state index contributed by atoms with van der Waals surface area (Å²) in [5.74, 6) is 0.683. The predicted molar refractivity (Wildman–Crippen MR) is 90.5 cm³/mol. The summed E-state index contributed by atoms with van der Waals surface area (Å²) in [6.45, 7) is 6.66. The van der Waals surface area contributed by atoms with Crippen molar-refractivity contribution in [1.29, 1.82) is 0 Å². The summed E-state index contributed by atoms with van der Waals surface area (Å²) in [5.41, 5.74) is 4.98. The van der Waals surface area contributed by atoms with Crippen LogP contribution in [-0.4, -0.2) is 25.0 Å². The van der Waals surface area contributed by atoms with Gasteiger partial charge < -0.3 is 4.90 Å². The van der Waals surface area contributed by atoms with Gasteiger partial charge in [-0.2, -0.15) is 0 Å². The van der Waals surface area contributed by atoms with Gasteiger partial charge in [0.1, 0.15) is 0 Å². The third-order valence-corrected chi connectivity index (χ3v) is 4.48. The fraction of sp³-hybridized carbons (Fsp3) is 0.300. The molecule has 1 heterocycles. The Morgan fingerprint density at radius 2 is 1.67 bits per heavy atom. The molecule has 1 nitrogen and oxygen atoms in total. The van der Waals surface area contributed by atoms with E-state index in [1.165, 1.54) is 42.6 Å². The van der Waals surface area contributed by atoms with Crippen molar-refractivity contribution in [2.24, 2.45) is 0 Å². The SMILES string of the molecule is C=C(c1ccccc1)c1ccc(C2CCCN(C)C2)cc1. The lowest BCUT2D eigenvalue weighted by atomic mass is 9.89. The molecule has 1 heteroatoms. The van der Waals surface area contributed by atoms with Gasteiger partial charge in [-0.05, 0) is 54.6 Å². The van der Waals surface area contributed by atoms with E-state index in [0.29, 0.717) is 5.92 Å². The van der Waals surface area contributed by atoms with Crippen molar-refractivity contribution in [3.8, 4) is 0 Å². The molecule has 0 bridgehead atoms. The molecule has 0 aliphatic carbocycles. The molecule has 1 aliphatic rings. The van der Waals surface area contributed by atoms with Gasteiger partial charge in [0, 0.05) is 6.54 Å². The lowest BCUT2D eigenvalue weighted by Crippen LogP contribution is -2.30. The second kappa shape index (κ2) is 6.28. The summed E-state index contributed by atoms with van der Waals surface area (Å²) in [7, 11) is 2.22. The molecule has 1 fully saturated rings. The molecule has 0 spiro atoms. The molecule has 1 aliphatic heterocycles. The fourth-order valence-electron chi connectivity index (χ4n) is 3.20. The first kappa shape index (κ1) is 14.1. The van der Waals surface area contributed by atoms with Crippen LogP contribution in [0.25, 0.3) is 5.57 Å². The van der Waals surface area contributed by atoms with E-state index in [2.05, 4.69) is 67.1 Å². The monoisotopic (exact) mass is 277 g/mol. The minimum Gasteiger partial charge on any atom is -0.306 e. The average Bonchev–Trinajstić information content (AvgIpc) is 2.55. The maximum absolute atomic E-state index is 4.24. The van der Waals surface area contributed by atoms with Crippen LogP contribution in [0.4, 0.5) is 0 Å². The van der Waals surface area contributed by atoms with Gasteiger partial charge in [0.2, 0.25) is 0 Å². The van der Waals surface area contributed by atoms with Gasteiger partial charge in [0.05, 0.1) is 0 Å². The first-order chi connectivity index (χ1) is 10.2. The molecule has 0 saturated carbocycles. The standard InChI is InChI=1S/C20H23N/c1-16(17-7-4-3-5-8-17)18-10-12-19(13-11-18)20-9-6-14-21(2)15-20/h3-5,7-8,10-13,20H,1,6,9,14-15H2,2H3. The third kappa shape index (κ3) is 3.25. The third-order valence-electron chi connectivity index (χ3n) is 4.48. The van der Waals surface area contributed by atoms with Gasteiger partial charge in [-0.25, -0.2) is 0 Å². The van der Waals surface area contributed by atoms with E-state index in [4.69, 9.17) is 0 Å². The highest BCUT2D eigenvalue weighted by Gasteiger charge is 2.18. The number of hydrogen-bond donors (Lipinski definition) is 0. The van der Waals surface area contributed by atoms with Crippen LogP contribution in [0.1, 0.15) is 35.4 Å². The Kier molecular flexibility index (Phi) is 4.21. The van der Waals surface area contributed by atoms with Crippen molar-refractivity contribution in [1.82, 2.24) is 4.90 Å². The van der Waals surface area contributed by atoms with Crippen molar-refractivity contribution >= 4 is 5.57 Å². The van der Waals surface area contributed by atoms with Crippen LogP contribution in [0.5, 0.6) is 0 Å². The zero-order valence-electron chi connectivity index (χ0n) is 12.8. The zero-order chi connectivity index (χ0) is 14.7. The summed E-state index contributed by atoms with van der Waals surface area (Å²) in [4.78, 5) is 2.44. The van der Waals surface area contributed by atoms with Gasteiger partial charge in [0.15, 0.2) is 0 Å². The fourth-order valence-corrected chi connectivity index (χ4v) is 3.20. The second-order valence-electron chi connectivity index (χ2n) is 6.07. The van der Waals surface area contributed by atoms with Crippen LogP contribution in [0.2, 0.25) is 0 Å². The number of likely N-dealkylation sites (tertiary alicyclic amines) is 1. The predicted octanol–water partition coefficient (Wildman–Crippen LogP) is 4.56. The summed E-state index contributed by atoms with van der Waals surface area (Å²) in [6, 6.07) is 19.4. The lowest BCUT2D eigenvalue weighted by Gasteiger charge is -2.30. The van der Waals surface area contributed by atoms with Crippen LogP contribution >= 0.6 is 0 Å². The number of likely N-dealkylation sites (N-methyl/N-ethyl adjacent to an activating group) is 1. The molecule has 0 radical (unpaired) electrons. The van der Waals surface area contributed by atoms with Crippen LogP contribution in [0, 0.1) is 0 Å². The largest absolute Gasteiger partial charge is 0.306 e. The van der Waals surface area contributed by atoms with Gasteiger partial charge >= 0.3 is 0 Å². The molecule has 0 aromatic heterocycles. The Bertz CT molecular complexity index is 597. The van der Waals surface area contributed by atoms with E-state index in [1.807, 2.05) is 6.07 Å². The van der Waals surface area contributed by atoms with Gasteiger partial charge in [0.25, 0.3) is 0 Å². The van der Waals surface area contributed by atoms with Crippen LogP contribution in [0.3, 0.4) is 0 Å². The van der Waals surface area contributed by atoms with E-state index in [-0.39, 0.29) is 0 Å². The summed E-state index contributed by atoms with van der Waals surface area (Å²) < 4.78 is 0. The molecule has 108 valence electrons. The van der Waals surface area contributed by atoms with Crippen molar-refractivity contribution in [2.45, 2.75) is 18.8 Å². The van der Waals surface area contributed by atoms with Gasteiger partial charge in [-0.15, -0.1) is 0 Å². The van der Waals surface area contributed by atoms with E-state index >= 15 is 0 Å². The molecule has 1 saturated heterocycles. The Labute approximate surface area is 127 Å². The average molecular weight is 277 g/mol. The maximum Gasteiger partial charge on any atom is 0.00472 e. The highest BCUT2D eigenvalue weighted by atomic mass is 15.1. The Morgan fingerprint density at radius 3 is 2.33 bits per heavy atom. The first-order valence-corrected chi connectivity index (χ1v) is 7.77. The van der Waals surface area contributed by atoms with Crippen LogP contribution < -0.4 is 0 Å². The molecule has 2 aromatic rings. The zero-order valence-corrected chi connectivity index (χ0v) is 12.8. The topological polar surface area (TPSA) is 3.24 Å². The second-order valence-corrected chi connectivity index (χ2v) is 6.07. The minimum atomic E-state index is 0.683. The number of rotatable bonds is 3. The number of piperidine rings is 1. The highest BCUT2D eigenvalue weighted by Crippen LogP contribution is 2.28. The molecular weight excluding hydrogens is 254 g/mol. The van der Waals surface area contributed by atoms with Crippen LogP contribution in [-0.2, 0) is 0 Å². The molecule has 0 N–H and O–H groups in total. The van der Waals surface area contributed by atoms with Crippen molar-refractivity contribution in [3.05, 3.63) is 77.9 Å². The molecule has 1 unspecified atom stereocenters. The van der Waals surface area contributed by atoms with E-state index in [0.717, 1.165) is 5.57 Å². The molecular formula is C20H23N. The van der Waals surface area contributed by atoms with Crippen molar-refractivity contribution in [3.63, 3.8) is 0 Å².